The molecule has 8 nitrogen and oxygen atoms in total. The fourth-order valence-electron chi connectivity index (χ4n) is 4.55. The molecule has 0 spiro atoms. The summed E-state index contributed by atoms with van der Waals surface area (Å²) in [7, 11) is -2.27. The summed E-state index contributed by atoms with van der Waals surface area (Å²) >= 11 is 0. The minimum atomic E-state index is -3.95. The van der Waals surface area contributed by atoms with Crippen LogP contribution in [-0.4, -0.2) is 72.5 Å². The number of rotatable bonds is 6. The molecule has 3 aromatic rings. The number of aliphatic hydroxyl groups is 1. The Bertz CT molecular complexity index is 1360. The van der Waals surface area contributed by atoms with Crippen LogP contribution in [0.4, 0.5) is 0 Å². The molecule has 4 rings (SSSR count). The zero-order valence-corrected chi connectivity index (χ0v) is 22.4. The quantitative estimate of drug-likeness (QED) is 0.530. The van der Waals surface area contributed by atoms with Crippen LogP contribution in [0.1, 0.15) is 29.9 Å². The van der Waals surface area contributed by atoms with Gasteiger partial charge in [-0.3, -0.25) is 9.78 Å². The highest BCUT2D eigenvalue weighted by Gasteiger charge is 2.38. The van der Waals surface area contributed by atoms with Crippen LogP contribution in [0.15, 0.2) is 71.8 Å². The van der Waals surface area contributed by atoms with Crippen LogP contribution in [0.25, 0.3) is 11.1 Å². The Labute approximate surface area is 218 Å². The number of aromatic nitrogens is 1. The monoisotopic (exact) mass is 523 g/mol. The van der Waals surface area contributed by atoms with E-state index in [2.05, 4.69) is 4.98 Å². The summed E-state index contributed by atoms with van der Waals surface area (Å²) in [6.07, 6.45) is 1.06. The van der Waals surface area contributed by atoms with Crippen LogP contribution in [0.2, 0.25) is 0 Å². The number of ether oxygens (including phenoxy) is 1. The summed E-state index contributed by atoms with van der Waals surface area (Å²) in [5.74, 6) is -0.301. The molecule has 1 aromatic heterocycles. The van der Waals surface area contributed by atoms with Crippen molar-refractivity contribution in [1.82, 2.24) is 14.2 Å². The smallest absolute Gasteiger partial charge is 0.272 e. The van der Waals surface area contributed by atoms with Crippen LogP contribution < -0.4 is 4.74 Å². The number of amides is 1. The van der Waals surface area contributed by atoms with Gasteiger partial charge >= 0.3 is 0 Å². The fraction of sp³-hybridized carbons (Fsp3) is 0.357. The number of hydrogen-bond acceptors (Lipinski definition) is 6. The first-order chi connectivity index (χ1) is 17.6. The molecule has 0 aliphatic carbocycles. The number of benzene rings is 2. The average molecular weight is 524 g/mol. The largest absolute Gasteiger partial charge is 0.487 e. The first-order valence-corrected chi connectivity index (χ1v) is 13.7. The molecule has 1 amide bonds. The summed E-state index contributed by atoms with van der Waals surface area (Å²) in [6, 6.07) is 17.5. The Morgan fingerprint density at radius 1 is 1.19 bits per heavy atom. The van der Waals surface area contributed by atoms with Crippen molar-refractivity contribution in [2.75, 3.05) is 26.7 Å². The number of carbonyl (C=O) groups excluding carboxylic acids is 1. The molecule has 37 heavy (non-hydrogen) atoms. The van der Waals surface area contributed by atoms with Gasteiger partial charge in [0.1, 0.15) is 22.4 Å². The molecule has 0 saturated carbocycles. The Morgan fingerprint density at radius 2 is 1.92 bits per heavy atom. The normalized spacial score (nSPS) is 20.1. The van der Waals surface area contributed by atoms with Gasteiger partial charge in [0, 0.05) is 31.7 Å². The number of aryl methyl sites for hydroxylation is 1. The third-order valence-electron chi connectivity index (χ3n) is 6.81. The number of pyridine rings is 1. The number of likely N-dealkylation sites (N-methyl/N-ethyl adjacent to an activating group) is 1. The Balaban J connectivity index is 1.76. The molecule has 0 unspecified atom stereocenters. The van der Waals surface area contributed by atoms with Crippen molar-refractivity contribution in [2.24, 2.45) is 5.92 Å². The molecular formula is C28H33N3O5S. The standard InChI is InChI=1S/C28H33N3O5S/c1-19-9-5-6-10-23(19)22-12-13-27-25(15-22)36-26(17-30(4)28(33)24-11-7-8-14-29-24)20(2)16-31(21(3)18-32)37(27,34)35/h5-15,20-21,26,32H,16-18H2,1-4H3/t20-,21+,26+/m1/s1. The van der Waals surface area contributed by atoms with Crippen molar-refractivity contribution < 1.29 is 23.1 Å². The number of hydrogen-bond donors (Lipinski definition) is 1. The molecule has 0 radical (unpaired) electrons. The van der Waals surface area contributed by atoms with E-state index in [-0.39, 0.29) is 42.2 Å². The van der Waals surface area contributed by atoms with Crippen molar-refractivity contribution >= 4 is 15.9 Å². The zero-order valence-electron chi connectivity index (χ0n) is 21.5. The van der Waals surface area contributed by atoms with Gasteiger partial charge in [-0.25, -0.2) is 8.42 Å². The van der Waals surface area contributed by atoms with E-state index in [4.69, 9.17) is 4.74 Å². The number of fused-ring (bicyclic) bond motifs is 1. The predicted molar refractivity (Wildman–Crippen MR) is 142 cm³/mol. The lowest BCUT2D eigenvalue weighted by molar-refractivity contribution is 0.0560. The second-order valence-electron chi connectivity index (χ2n) is 9.62. The molecule has 196 valence electrons. The molecule has 1 N–H and O–H groups in total. The van der Waals surface area contributed by atoms with E-state index >= 15 is 0 Å². The lowest BCUT2D eigenvalue weighted by Crippen LogP contribution is -2.50. The van der Waals surface area contributed by atoms with E-state index in [1.54, 1.807) is 61.5 Å². The van der Waals surface area contributed by atoms with Crippen molar-refractivity contribution in [1.29, 1.82) is 0 Å². The van der Waals surface area contributed by atoms with E-state index < -0.39 is 22.2 Å². The van der Waals surface area contributed by atoms with E-state index in [1.807, 2.05) is 38.1 Å². The highest BCUT2D eigenvalue weighted by molar-refractivity contribution is 7.89. The maximum atomic E-state index is 13.7. The van der Waals surface area contributed by atoms with Crippen molar-refractivity contribution in [3.63, 3.8) is 0 Å². The molecular weight excluding hydrogens is 490 g/mol. The van der Waals surface area contributed by atoms with Gasteiger partial charge in [0.15, 0.2) is 0 Å². The van der Waals surface area contributed by atoms with E-state index in [9.17, 15) is 18.3 Å². The molecule has 1 aliphatic heterocycles. The third kappa shape index (κ3) is 5.53. The average Bonchev–Trinajstić information content (AvgIpc) is 2.90. The lowest BCUT2D eigenvalue weighted by atomic mass is 10.00. The second-order valence-corrected chi connectivity index (χ2v) is 11.5. The van der Waals surface area contributed by atoms with Gasteiger partial charge in [0.05, 0.1) is 13.2 Å². The van der Waals surface area contributed by atoms with Gasteiger partial charge in [-0.1, -0.05) is 43.3 Å². The van der Waals surface area contributed by atoms with Crippen LogP contribution in [0, 0.1) is 12.8 Å². The van der Waals surface area contributed by atoms with Crippen LogP contribution in [0.3, 0.4) is 0 Å². The number of nitrogens with zero attached hydrogens (tertiary/aromatic N) is 3. The Hall–Kier alpha value is -3.27. The van der Waals surface area contributed by atoms with E-state index in [1.165, 1.54) is 4.31 Å². The van der Waals surface area contributed by atoms with Gasteiger partial charge in [-0.05, 0) is 54.8 Å². The van der Waals surface area contributed by atoms with Crippen molar-refractivity contribution in [2.45, 2.75) is 37.8 Å². The Morgan fingerprint density at radius 3 is 2.59 bits per heavy atom. The number of carbonyl (C=O) groups is 1. The Kier molecular flexibility index (Phi) is 7.96. The first kappa shape index (κ1) is 26.8. The maximum absolute atomic E-state index is 13.7. The number of sulfonamides is 1. The minimum absolute atomic E-state index is 0.0424. The predicted octanol–water partition coefficient (Wildman–Crippen LogP) is 3.60. The summed E-state index contributed by atoms with van der Waals surface area (Å²) < 4.78 is 35.2. The molecule has 3 atom stereocenters. The second kappa shape index (κ2) is 11.0. The zero-order chi connectivity index (χ0) is 26.7. The van der Waals surface area contributed by atoms with Gasteiger partial charge in [-0.15, -0.1) is 0 Å². The molecule has 0 bridgehead atoms. The van der Waals surface area contributed by atoms with Gasteiger partial charge in [0.2, 0.25) is 10.0 Å². The SMILES string of the molecule is Cc1ccccc1-c1ccc2c(c1)O[C@@H](CN(C)C(=O)c1ccccn1)[C@H](C)CN([C@@H](C)CO)S2(=O)=O. The number of aliphatic hydroxyl groups excluding tert-OH is 1. The lowest BCUT2D eigenvalue weighted by Gasteiger charge is -2.37. The van der Waals surface area contributed by atoms with Crippen LogP contribution in [-0.2, 0) is 10.0 Å². The molecule has 0 saturated heterocycles. The summed E-state index contributed by atoms with van der Waals surface area (Å²) in [6.45, 7) is 5.63. The molecule has 9 heteroatoms. The topological polar surface area (TPSA) is 100 Å². The molecule has 2 aromatic carbocycles. The van der Waals surface area contributed by atoms with E-state index in [0.717, 1.165) is 16.7 Å². The molecule has 0 fully saturated rings. The van der Waals surface area contributed by atoms with Crippen LogP contribution in [0.5, 0.6) is 5.75 Å². The molecule has 2 heterocycles. The summed E-state index contributed by atoms with van der Waals surface area (Å²) in [5.41, 5.74) is 3.18. The summed E-state index contributed by atoms with van der Waals surface area (Å²) in [5, 5.41) is 9.85. The van der Waals surface area contributed by atoms with E-state index in [0.29, 0.717) is 5.69 Å². The van der Waals surface area contributed by atoms with Gasteiger partial charge in [0.25, 0.3) is 5.91 Å². The van der Waals surface area contributed by atoms with Crippen molar-refractivity contribution in [3.8, 4) is 16.9 Å². The maximum Gasteiger partial charge on any atom is 0.272 e. The fourth-order valence-corrected chi connectivity index (χ4v) is 6.37. The first-order valence-electron chi connectivity index (χ1n) is 12.3. The molecule has 1 aliphatic rings. The third-order valence-corrected chi connectivity index (χ3v) is 8.83. The minimum Gasteiger partial charge on any atom is -0.487 e. The van der Waals surface area contributed by atoms with Gasteiger partial charge in [-0.2, -0.15) is 4.31 Å². The summed E-state index contributed by atoms with van der Waals surface area (Å²) in [4.78, 5) is 18.7. The highest BCUT2D eigenvalue weighted by atomic mass is 32.2. The van der Waals surface area contributed by atoms with Crippen LogP contribution >= 0.6 is 0 Å². The van der Waals surface area contributed by atoms with Gasteiger partial charge < -0.3 is 14.7 Å². The van der Waals surface area contributed by atoms with Crippen molar-refractivity contribution in [3.05, 3.63) is 78.1 Å². The highest BCUT2D eigenvalue weighted by Crippen LogP contribution is 2.37.